The van der Waals surface area contributed by atoms with Crippen molar-refractivity contribution in [3.63, 3.8) is 0 Å². The second-order valence-electron chi connectivity index (χ2n) is 6.84. The molecule has 0 N–H and O–H groups in total. The molecule has 150 valence electrons. The van der Waals surface area contributed by atoms with Crippen LogP contribution in [0.25, 0.3) is 16.5 Å². The van der Waals surface area contributed by atoms with E-state index in [1.807, 2.05) is 42.5 Å². The molecule has 3 rings (SSSR count). The first-order valence-corrected chi connectivity index (χ1v) is 12.3. The second-order valence-corrected chi connectivity index (χ2v) is 10.7. The van der Waals surface area contributed by atoms with Crippen molar-refractivity contribution in [2.45, 2.75) is 0 Å². The maximum Gasteiger partial charge on any atom is 0.246 e. The number of benzene rings is 1. The number of nitrogens with zero attached hydrogens (tertiary/aromatic N) is 2. The molecule has 5 nitrogen and oxygen atoms in total. The van der Waals surface area contributed by atoms with Gasteiger partial charge in [-0.15, -0.1) is 11.3 Å². The van der Waals surface area contributed by atoms with Gasteiger partial charge in [0.05, 0.1) is 5.75 Å². The molecule has 1 fully saturated rings. The fraction of sp³-hybridized carbons (Fsp3) is 0.350. The van der Waals surface area contributed by atoms with Crippen LogP contribution in [0.15, 0.2) is 42.5 Å². The highest BCUT2D eigenvalue weighted by molar-refractivity contribution is 7.90. The lowest BCUT2D eigenvalue weighted by atomic mass is 10.2. The molecule has 0 bridgehead atoms. The number of halogens is 1. The molecule has 28 heavy (non-hydrogen) atoms. The van der Waals surface area contributed by atoms with Gasteiger partial charge in [-0.2, -0.15) is 0 Å². The molecule has 1 amide bonds. The van der Waals surface area contributed by atoms with Crippen molar-refractivity contribution in [1.82, 2.24) is 9.80 Å². The Kier molecular flexibility index (Phi) is 6.93. The Bertz CT molecular complexity index is 961. The molecule has 1 aromatic heterocycles. The zero-order valence-electron chi connectivity index (χ0n) is 15.7. The summed E-state index contributed by atoms with van der Waals surface area (Å²) in [6.07, 6.45) is 4.71. The van der Waals surface area contributed by atoms with Crippen molar-refractivity contribution in [3.05, 3.63) is 52.4 Å². The minimum atomic E-state index is -2.95. The number of carbonyl (C=O) groups is 1. The van der Waals surface area contributed by atoms with Crippen molar-refractivity contribution in [2.24, 2.45) is 0 Å². The molecule has 1 aliphatic heterocycles. The van der Waals surface area contributed by atoms with Crippen molar-refractivity contribution >= 4 is 44.8 Å². The van der Waals surface area contributed by atoms with E-state index in [4.69, 9.17) is 11.6 Å². The van der Waals surface area contributed by atoms with Crippen molar-refractivity contribution < 1.29 is 13.2 Å². The van der Waals surface area contributed by atoms with E-state index in [-0.39, 0.29) is 11.7 Å². The number of rotatable bonds is 6. The molecule has 1 aliphatic rings. The van der Waals surface area contributed by atoms with Crippen LogP contribution in [0.2, 0.25) is 5.02 Å². The van der Waals surface area contributed by atoms with E-state index in [1.54, 1.807) is 22.3 Å². The first-order valence-electron chi connectivity index (χ1n) is 9.03. The van der Waals surface area contributed by atoms with Gasteiger partial charge >= 0.3 is 0 Å². The minimum Gasteiger partial charge on any atom is -0.337 e. The van der Waals surface area contributed by atoms with Crippen molar-refractivity contribution in [2.75, 3.05) is 44.7 Å². The summed E-state index contributed by atoms with van der Waals surface area (Å²) >= 11 is 7.66. The quantitative estimate of drug-likeness (QED) is 0.649. The Balaban J connectivity index is 1.52. The van der Waals surface area contributed by atoms with Gasteiger partial charge in [0, 0.05) is 59.8 Å². The number of hydrogen-bond donors (Lipinski definition) is 0. The summed E-state index contributed by atoms with van der Waals surface area (Å²) in [6.45, 7) is 3.16. The number of carbonyl (C=O) groups excluding carboxylic acids is 1. The Morgan fingerprint density at radius 2 is 1.93 bits per heavy atom. The molecular formula is C20H23ClN2O3S2. The van der Waals surface area contributed by atoms with E-state index < -0.39 is 9.84 Å². The maximum absolute atomic E-state index is 12.4. The van der Waals surface area contributed by atoms with Crippen LogP contribution >= 0.6 is 22.9 Å². The molecule has 1 saturated heterocycles. The molecule has 0 atom stereocenters. The van der Waals surface area contributed by atoms with Crippen LogP contribution in [0.5, 0.6) is 0 Å². The van der Waals surface area contributed by atoms with Crippen LogP contribution in [0.4, 0.5) is 0 Å². The number of hydrogen-bond acceptors (Lipinski definition) is 5. The zero-order valence-corrected chi connectivity index (χ0v) is 18.1. The lowest BCUT2D eigenvalue weighted by Gasteiger charge is -2.34. The Morgan fingerprint density at radius 1 is 1.18 bits per heavy atom. The summed E-state index contributed by atoms with van der Waals surface area (Å²) in [5.41, 5.74) is 1.06. The van der Waals surface area contributed by atoms with E-state index in [9.17, 15) is 13.2 Å². The summed E-state index contributed by atoms with van der Waals surface area (Å²) in [4.78, 5) is 18.4. The van der Waals surface area contributed by atoms with Gasteiger partial charge in [-0.1, -0.05) is 23.7 Å². The third kappa shape index (κ3) is 6.17. The third-order valence-corrected chi connectivity index (χ3v) is 6.85. The second kappa shape index (κ2) is 9.22. The lowest BCUT2D eigenvalue weighted by molar-refractivity contribution is -0.127. The van der Waals surface area contributed by atoms with Crippen molar-refractivity contribution in [3.8, 4) is 10.4 Å². The number of sulfone groups is 1. The summed E-state index contributed by atoms with van der Waals surface area (Å²) in [7, 11) is -2.95. The lowest BCUT2D eigenvalue weighted by Crippen LogP contribution is -2.49. The van der Waals surface area contributed by atoms with Crippen LogP contribution < -0.4 is 0 Å². The van der Waals surface area contributed by atoms with Gasteiger partial charge in [-0.3, -0.25) is 9.69 Å². The number of amides is 1. The van der Waals surface area contributed by atoms with Gasteiger partial charge in [-0.05, 0) is 35.9 Å². The van der Waals surface area contributed by atoms with E-state index in [1.165, 1.54) is 6.26 Å². The van der Waals surface area contributed by atoms with Gasteiger partial charge in [0.15, 0.2) is 0 Å². The average molecular weight is 439 g/mol. The van der Waals surface area contributed by atoms with Gasteiger partial charge in [-0.25, -0.2) is 8.42 Å². The summed E-state index contributed by atoms with van der Waals surface area (Å²) < 4.78 is 22.5. The first kappa shape index (κ1) is 21.0. The molecule has 2 heterocycles. The normalized spacial score (nSPS) is 16.0. The Morgan fingerprint density at radius 3 is 2.61 bits per heavy atom. The first-order chi connectivity index (χ1) is 13.3. The molecule has 8 heteroatoms. The highest BCUT2D eigenvalue weighted by atomic mass is 35.5. The monoisotopic (exact) mass is 438 g/mol. The summed E-state index contributed by atoms with van der Waals surface area (Å²) in [5, 5.41) is 0.703. The van der Waals surface area contributed by atoms with Crippen LogP contribution in [0, 0.1) is 0 Å². The largest absolute Gasteiger partial charge is 0.337 e. The van der Waals surface area contributed by atoms with E-state index in [0.717, 1.165) is 15.3 Å². The van der Waals surface area contributed by atoms with E-state index in [0.29, 0.717) is 37.7 Å². The Hall–Kier alpha value is -1.67. The third-order valence-electron chi connectivity index (χ3n) is 4.59. The molecule has 2 aromatic rings. The smallest absolute Gasteiger partial charge is 0.246 e. The average Bonchev–Trinajstić information content (AvgIpc) is 3.13. The minimum absolute atomic E-state index is 0.0135. The van der Waals surface area contributed by atoms with Crippen LogP contribution in [0.1, 0.15) is 4.88 Å². The highest BCUT2D eigenvalue weighted by Crippen LogP contribution is 2.30. The predicted molar refractivity (Wildman–Crippen MR) is 117 cm³/mol. The highest BCUT2D eigenvalue weighted by Gasteiger charge is 2.20. The molecule has 0 unspecified atom stereocenters. The molecule has 1 aromatic carbocycles. The van der Waals surface area contributed by atoms with Crippen molar-refractivity contribution in [1.29, 1.82) is 0 Å². The topological polar surface area (TPSA) is 57.7 Å². The molecule has 0 spiro atoms. The predicted octanol–water partition coefficient (Wildman–Crippen LogP) is 3.27. The van der Waals surface area contributed by atoms with Crippen LogP contribution in [-0.4, -0.2) is 68.9 Å². The fourth-order valence-corrected chi connectivity index (χ4v) is 4.67. The summed E-state index contributed by atoms with van der Waals surface area (Å²) in [6, 6.07) is 11.7. The number of thiophene rings is 1. The number of piperazine rings is 1. The molecule has 0 radical (unpaired) electrons. The van der Waals surface area contributed by atoms with Gasteiger partial charge < -0.3 is 4.90 Å². The zero-order chi connectivity index (χ0) is 20.1. The molecular weight excluding hydrogens is 416 g/mol. The standard InChI is InChI=1S/C20H23ClN2O3S2/c1-28(25,26)14-13-22-9-11-23(12-10-22)20(24)8-6-18-5-7-19(27-18)16-3-2-4-17(21)15-16/h2-8,15H,9-14H2,1H3/b8-6+. The van der Waals surface area contributed by atoms with Crippen LogP contribution in [-0.2, 0) is 14.6 Å². The Labute approximate surface area is 175 Å². The van der Waals surface area contributed by atoms with Gasteiger partial charge in [0.2, 0.25) is 5.91 Å². The summed E-state index contributed by atoms with van der Waals surface area (Å²) in [5.74, 6) is 0.147. The fourth-order valence-electron chi connectivity index (χ4n) is 2.98. The molecule has 0 aliphatic carbocycles. The SMILES string of the molecule is CS(=O)(=O)CCN1CCN(C(=O)/C=C/c2ccc(-c3cccc(Cl)c3)s2)CC1. The van der Waals surface area contributed by atoms with E-state index >= 15 is 0 Å². The van der Waals surface area contributed by atoms with E-state index in [2.05, 4.69) is 4.90 Å². The van der Waals surface area contributed by atoms with Gasteiger partial charge in [0.25, 0.3) is 0 Å². The molecule has 0 saturated carbocycles. The maximum atomic E-state index is 12.4. The van der Waals surface area contributed by atoms with Crippen LogP contribution in [0.3, 0.4) is 0 Å². The van der Waals surface area contributed by atoms with Gasteiger partial charge in [0.1, 0.15) is 9.84 Å².